The molecule has 0 fully saturated rings. The Hall–Kier alpha value is -0.0800. The summed E-state index contributed by atoms with van der Waals surface area (Å²) < 4.78 is 4.80. The largest absolute Gasteiger partial charge is 0.390 e. The zero-order valence-electron chi connectivity index (χ0n) is 4.72. The molecule has 2 heteroatoms. The lowest BCUT2D eigenvalue weighted by atomic mass is 10.3. The zero-order chi connectivity index (χ0) is 5.70. The van der Waals surface area contributed by atoms with Crippen molar-refractivity contribution in [3.63, 3.8) is 0 Å². The van der Waals surface area contributed by atoms with Crippen LogP contribution in [0.4, 0.5) is 0 Å². The molecule has 0 heterocycles. The Morgan fingerprint density at radius 3 is 2.57 bits per heavy atom. The molecule has 0 aliphatic heterocycles. The van der Waals surface area contributed by atoms with Crippen molar-refractivity contribution < 1.29 is 9.84 Å². The van der Waals surface area contributed by atoms with Gasteiger partial charge in [-0.25, -0.2) is 0 Å². The number of hydrogen-bond donors (Lipinski definition) is 1. The second-order valence-corrected chi connectivity index (χ2v) is 1.46. The van der Waals surface area contributed by atoms with Gasteiger partial charge in [-0.15, -0.1) is 0 Å². The first kappa shape index (κ1) is 6.92. The molecule has 0 saturated carbocycles. The van der Waals surface area contributed by atoms with Gasteiger partial charge in [-0.1, -0.05) is 0 Å². The normalized spacial score (nSPS) is 14.1. The first-order valence-corrected chi connectivity index (χ1v) is 2.30. The van der Waals surface area contributed by atoms with Crippen molar-refractivity contribution in [3.8, 4) is 0 Å². The standard InChI is InChI=1S/C5H11O2/c1-5(7-2)3-4-6/h4-6H,3H2,1-2H3. The van der Waals surface area contributed by atoms with Gasteiger partial charge < -0.3 is 9.84 Å². The fourth-order valence-electron chi connectivity index (χ4n) is 0.245. The van der Waals surface area contributed by atoms with Crippen LogP contribution >= 0.6 is 0 Å². The minimum Gasteiger partial charge on any atom is -0.390 e. The maximum Gasteiger partial charge on any atom is 0.0824 e. The van der Waals surface area contributed by atoms with E-state index >= 15 is 0 Å². The van der Waals surface area contributed by atoms with Crippen LogP contribution in [0, 0.1) is 6.61 Å². The SMILES string of the molecule is COC(C)C[CH]O. The summed E-state index contributed by atoms with van der Waals surface area (Å²) >= 11 is 0. The molecule has 0 saturated heterocycles. The smallest absolute Gasteiger partial charge is 0.0824 e. The van der Waals surface area contributed by atoms with Gasteiger partial charge in [0.1, 0.15) is 0 Å². The number of aliphatic hydroxyl groups excluding tert-OH is 1. The Balaban J connectivity index is 2.83. The van der Waals surface area contributed by atoms with E-state index in [0.29, 0.717) is 6.42 Å². The third-order valence-corrected chi connectivity index (χ3v) is 0.840. The van der Waals surface area contributed by atoms with Crippen molar-refractivity contribution in [2.24, 2.45) is 0 Å². The van der Waals surface area contributed by atoms with Crippen LogP contribution in [0.2, 0.25) is 0 Å². The predicted octanol–water partition coefficient (Wildman–Crippen LogP) is 0.946. The van der Waals surface area contributed by atoms with E-state index in [1.165, 1.54) is 0 Å². The van der Waals surface area contributed by atoms with E-state index in [0.717, 1.165) is 6.61 Å². The molecule has 7 heavy (non-hydrogen) atoms. The van der Waals surface area contributed by atoms with E-state index in [-0.39, 0.29) is 6.10 Å². The molecule has 1 radical (unpaired) electrons. The average Bonchev–Trinajstić information content (AvgIpc) is 1.68. The van der Waals surface area contributed by atoms with Gasteiger partial charge in [-0.05, 0) is 6.92 Å². The summed E-state index contributed by atoms with van der Waals surface area (Å²) in [5.74, 6) is 0. The summed E-state index contributed by atoms with van der Waals surface area (Å²) in [4.78, 5) is 0. The van der Waals surface area contributed by atoms with Crippen LogP contribution in [0.5, 0.6) is 0 Å². The molecule has 1 unspecified atom stereocenters. The van der Waals surface area contributed by atoms with Crippen molar-refractivity contribution in [1.29, 1.82) is 0 Å². The van der Waals surface area contributed by atoms with Crippen LogP contribution in [-0.4, -0.2) is 18.3 Å². The van der Waals surface area contributed by atoms with Gasteiger partial charge in [0.15, 0.2) is 0 Å². The first-order chi connectivity index (χ1) is 3.31. The highest BCUT2D eigenvalue weighted by atomic mass is 16.5. The lowest BCUT2D eigenvalue weighted by molar-refractivity contribution is 0.106. The fraction of sp³-hybridized carbons (Fsp3) is 0.800. The number of rotatable bonds is 3. The number of aliphatic hydroxyl groups is 1. The van der Waals surface area contributed by atoms with Gasteiger partial charge in [-0.3, -0.25) is 0 Å². The number of hydrogen-bond acceptors (Lipinski definition) is 2. The van der Waals surface area contributed by atoms with Gasteiger partial charge in [-0.2, -0.15) is 0 Å². The quantitative estimate of drug-likeness (QED) is 0.576. The molecule has 1 atom stereocenters. The van der Waals surface area contributed by atoms with E-state index < -0.39 is 0 Å². The van der Waals surface area contributed by atoms with Crippen molar-refractivity contribution in [2.75, 3.05) is 7.11 Å². The molecule has 0 aromatic heterocycles. The summed E-state index contributed by atoms with van der Waals surface area (Å²) in [5, 5.41) is 8.16. The van der Waals surface area contributed by atoms with Crippen LogP contribution in [-0.2, 0) is 4.74 Å². The van der Waals surface area contributed by atoms with Crippen LogP contribution in [0.3, 0.4) is 0 Å². The third kappa shape index (κ3) is 3.76. The van der Waals surface area contributed by atoms with E-state index in [1.807, 2.05) is 6.92 Å². The maximum atomic E-state index is 8.16. The molecule has 43 valence electrons. The van der Waals surface area contributed by atoms with Crippen molar-refractivity contribution in [2.45, 2.75) is 19.4 Å². The molecule has 0 rings (SSSR count). The molecular weight excluding hydrogens is 92.1 g/mol. The zero-order valence-corrected chi connectivity index (χ0v) is 4.72. The average molecular weight is 103 g/mol. The van der Waals surface area contributed by atoms with Gasteiger partial charge >= 0.3 is 0 Å². The van der Waals surface area contributed by atoms with Gasteiger partial charge in [0.2, 0.25) is 0 Å². The van der Waals surface area contributed by atoms with E-state index in [9.17, 15) is 0 Å². The van der Waals surface area contributed by atoms with Gasteiger partial charge in [0.05, 0.1) is 12.7 Å². The molecule has 0 aromatic carbocycles. The van der Waals surface area contributed by atoms with E-state index in [2.05, 4.69) is 0 Å². The Kier molecular flexibility index (Phi) is 4.04. The highest BCUT2D eigenvalue weighted by molar-refractivity contribution is 4.53. The second kappa shape index (κ2) is 4.09. The monoisotopic (exact) mass is 103 g/mol. The predicted molar refractivity (Wildman–Crippen MR) is 27.3 cm³/mol. The van der Waals surface area contributed by atoms with Crippen molar-refractivity contribution >= 4 is 0 Å². The number of methoxy groups -OCH3 is 1. The lowest BCUT2D eigenvalue weighted by Gasteiger charge is -2.03. The molecular formula is C5H11O2. The summed E-state index contributed by atoms with van der Waals surface area (Å²) in [6, 6.07) is 0. The van der Waals surface area contributed by atoms with Crippen LogP contribution in [0.1, 0.15) is 13.3 Å². The lowest BCUT2D eigenvalue weighted by Crippen LogP contribution is -2.03. The van der Waals surface area contributed by atoms with Crippen molar-refractivity contribution in [1.82, 2.24) is 0 Å². The minimum atomic E-state index is 0.144. The Labute approximate surface area is 44.1 Å². The third-order valence-electron chi connectivity index (χ3n) is 0.840. The van der Waals surface area contributed by atoms with Crippen LogP contribution in [0.15, 0.2) is 0 Å². The maximum absolute atomic E-state index is 8.16. The molecule has 0 amide bonds. The molecule has 2 nitrogen and oxygen atoms in total. The molecule has 0 aliphatic carbocycles. The van der Waals surface area contributed by atoms with Crippen molar-refractivity contribution in [3.05, 3.63) is 6.61 Å². The Morgan fingerprint density at radius 1 is 1.86 bits per heavy atom. The van der Waals surface area contributed by atoms with Gasteiger partial charge in [0.25, 0.3) is 0 Å². The fourth-order valence-corrected chi connectivity index (χ4v) is 0.245. The van der Waals surface area contributed by atoms with Gasteiger partial charge in [0, 0.05) is 13.5 Å². The first-order valence-electron chi connectivity index (χ1n) is 2.30. The summed E-state index contributed by atoms with van der Waals surface area (Å²) in [5.41, 5.74) is 0. The van der Waals surface area contributed by atoms with Crippen LogP contribution < -0.4 is 0 Å². The summed E-state index contributed by atoms with van der Waals surface area (Å²) in [6.45, 7) is 3.00. The topological polar surface area (TPSA) is 29.5 Å². The molecule has 0 aliphatic rings. The molecule has 0 bridgehead atoms. The summed E-state index contributed by atoms with van der Waals surface area (Å²) in [7, 11) is 1.62. The number of ether oxygens (including phenoxy) is 1. The summed E-state index contributed by atoms with van der Waals surface area (Å²) in [6.07, 6.45) is 0.751. The highest BCUT2D eigenvalue weighted by Gasteiger charge is 1.94. The molecule has 0 spiro atoms. The minimum absolute atomic E-state index is 0.144. The van der Waals surface area contributed by atoms with Crippen LogP contribution in [0.25, 0.3) is 0 Å². The highest BCUT2D eigenvalue weighted by Crippen LogP contribution is 1.94. The molecule has 0 aromatic rings. The molecule has 1 N–H and O–H groups in total. The van der Waals surface area contributed by atoms with E-state index in [1.54, 1.807) is 7.11 Å². The Morgan fingerprint density at radius 2 is 2.43 bits per heavy atom. The second-order valence-electron chi connectivity index (χ2n) is 1.46. The Bertz CT molecular complexity index is 37.1. The van der Waals surface area contributed by atoms with E-state index in [4.69, 9.17) is 9.84 Å².